The molecule has 3 aromatic rings. The minimum atomic E-state index is -0.213. The van der Waals surface area contributed by atoms with Gasteiger partial charge in [0.25, 0.3) is 5.91 Å². The molecule has 0 bridgehead atoms. The number of carbonyl (C=O) groups excluding carboxylic acids is 1. The molecule has 0 aliphatic rings. The maximum atomic E-state index is 11.9. The van der Waals surface area contributed by atoms with E-state index in [1.54, 1.807) is 25.5 Å². The molecule has 1 amide bonds. The first-order valence-electron chi connectivity index (χ1n) is 6.79. The van der Waals surface area contributed by atoms with Crippen LogP contribution in [-0.2, 0) is 6.54 Å². The molecule has 3 rings (SSSR count). The number of hydrogen-bond donors (Lipinski definition) is 1. The van der Waals surface area contributed by atoms with Gasteiger partial charge in [-0.05, 0) is 30.7 Å². The molecule has 3 heterocycles. The van der Waals surface area contributed by atoms with Crippen LogP contribution in [0.25, 0.3) is 11.3 Å². The Kier molecular flexibility index (Phi) is 3.91. The Morgan fingerprint density at radius 1 is 1.23 bits per heavy atom. The van der Waals surface area contributed by atoms with Gasteiger partial charge < -0.3 is 9.84 Å². The van der Waals surface area contributed by atoms with Gasteiger partial charge in [0.2, 0.25) is 0 Å². The number of pyridine rings is 2. The van der Waals surface area contributed by atoms with Gasteiger partial charge in [-0.25, -0.2) is 0 Å². The van der Waals surface area contributed by atoms with Crippen molar-refractivity contribution in [3.63, 3.8) is 0 Å². The summed E-state index contributed by atoms with van der Waals surface area (Å²) in [6.45, 7) is 2.09. The van der Waals surface area contributed by atoms with Crippen LogP contribution in [0.15, 0.2) is 53.6 Å². The highest BCUT2D eigenvalue weighted by Gasteiger charge is 2.12. The van der Waals surface area contributed by atoms with Crippen LogP contribution in [0.5, 0.6) is 0 Å². The van der Waals surface area contributed by atoms with Gasteiger partial charge in [0.05, 0.1) is 11.9 Å². The lowest BCUT2D eigenvalue weighted by atomic mass is 10.1. The Bertz CT molecular complexity index is 766. The summed E-state index contributed by atoms with van der Waals surface area (Å²) in [6.07, 6.45) is 6.64. The second kappa shape index (κ2) is 6.17. The molecule has 0 aliphatic carbocycles. The summed E-state index contributed by atoms with van der Waals surface area (Å²) in [6, 6.07) is 7.65. The molecule has 0 radical (unpaired) electrons. The van der Waals surface area contributed by atoms with Crippen molar-refractivity contribution in [1.82, 2.24) is 20.4 Å². The summed E-state index contributed by atoms with van der Waals surface area (Å²) in [5.74, 6) is 0.289. The highest BCUT2D eigenvalue weighted by atomic mass is 16.5. The minimum absolute atomic E-state index is 0.213. The molecule has 3 aromatic heterocycles. The zero-order chi connectivity index (χ0) is 15.4. The Morgan fingerprint density at radius 2 is 2.14 bits per heavy atom. The maximum absolute atomic E-state index is 11.9. The monoisotopic (exact) mass is 294 g/mol. The first-order chi connectivity index (χ1) is 10.7. The van der Waals surface area contributed by atoms with Gasteiger partial charge in [-0.2, -0.15) is 0 Å². The molecule has 0 fully saturated rings. The molecule has 1 N–H and O–H groups in total. The summed E-state index contributed by atoms with van der Waals surface area (Å²) >= 11 is 0. The standard InChI is InChI=1S/C16H14N4O2/c1-11-14(10-20-22-11)16(21)19-8-12-4-5-15(18-7-12)13-3-2-6-17-9-13/h2-7,9-10H,8H2,1H3,(H,19,21). The number of amides is 1. The summed E-state index contributed by atoms with van der Waals surface area (Å²) in [4.78, 5) is 20.4. The molecule has 0 atom stereocenters. The fraction of sp³-hybridized carbons (Fsp3) is 0.125. The summed E-state index contributed by atoms with van der Waals surface area (Å²) in [5, 5.41) is 6.40. The van der Waals surface area contributed by atoms with Crippen molar-refractivity contribution in [2.24, 2.45) is 0 Å². The van der Waals surface area contributed by atoms with Crippen molar-refractivity contribution in [2.45, 2.75) is 13.5 Å². The van der Waals surface area contributed by atoms with E-state index in [1.165, 1.54) is 6.20 Å². The van der Waals surface area contributed by atoms with Crippen LogP contribution in [0.1, 0.15) is 21.7 Å². The number of aryl methyl sites for hydroxylation is 1. The van der Waals surface area contributed by atoms with E-state index in [1.807, 2.05) is 24.3 Å². The number of nitrogens with one attached hydrogen (secondary N) is 1. The Labute approximate surface area is 127 Å². The molecule has 6 heteroatoms. The van der Waals surface area contributed by atoms with Gasteiger partial charge in [-0.15, -0.1) is 0 Å². The van der Waals surface area contributed by atoms with Gasteiger partial charge in [-0.1, -0.05) is 11.2 Å². The van der Waals surface area contributed by atoms with Crippen LogP contribution >= 0.6 is 0 Å². The molecule has 0 aliphatic heterocycles. The van der Waals surface area contributed by atoms with E-state index >= 15 is 0 Å². The molecule has 0 spiro atoms. The smallest absolute Gasteiger partial charge is 0.256 e. The van der Waals surface area contributed by atoms with Crippen LogP contribution in [0.4, 0.5) is 0 Å². The Morgan fingerprint density at radius 3 is 2.77 bits per heavy atom. The van der Waals surface area contributed by atoms with Crippen LogP contribution < -0.4 is 5.32 Å². The third-order valence-electron chi connectivity index (χ3n) is 3.23. The summed E-state index contributed by atoms with van der Waals surface area (Å²) in [5.41, 5.74) is 3.16. The van der Waals surface area contributed by atoms with Crippen molar-refractivity contribution in [3.8, 4) is 11.3 Å². The number of aromatic nitrogens is 3. The number of rotatable bonds is 4. The highest BCUT2D eigenvalue weighted by Crippen LogP contribution is 2.15. The molecule has 0 saturated carbocycles. The zero-order valence-corrected chi connectivity index (χ0v) is 12.0. The van der Waals surface area contributed by atoms with Crippen LogP contribution in [0.3, 0.4) is 0 Å². The van der Waals surface area contributed by atoms with E-state index in [0.717, 1.165) is 16.8 Å². The molecule has 110 valence electrons. The van der Waals surface area contributed by atoms with Gasteiger partial charge in [-0.3, -0.25) is 14.8 Å². The Hall–Kier alpha value is -3.02. The summed E-state index contributed by atoms with van der Waals surface area (Å²) < 4.78 is 4.87. The van der Waals surface area contributed by atoms with E-state index in [2.05, 4.69) is 20.4 Å². The minimum Gasteiger partial charge on any atom is -0.361 e. The van der Waals surface area contributed by atoms with Crippen molar-refractivity contribution < 1.29 is 9.32 Å². The first kappa shape index (κ1) is 13.9. The molecular weight excluding hydrogens is 280 g/mol. The van der Waals surface area contributed by atoms with Crippen molar-refractivity contribution in [2.75, 3.05) is 0 Å². The van der Waals surface area contributed by atoms with Crippen LogP contribution in [0, 0.1) is 6.92 Å². The topological polar surface area (TPSA) is 80.9 Å². The van der Waals surface area contributed by atoms with E-state index in [9.17, 15) is 4.79 Å². The summed E-state index contributed by atoms with van der Waals surface area (Å²) in [7, 11) is 0. The van der Waals surface area contributed by atoms with Crippen molar-refractivity contribution >= 4 is 5.91 Å². The molecule has 0 saturated heterocycles. The largest absolute Gasteiger partial charge is 0.361 e. The number of nitrogens with zero attached hydrogens (tertiary/aromatic N) is 3. The lowest BCUT2D eigenvalue weighted by molar-refractivity contribution is 0.0949. The van der Waals surface area contributed by atoms with Crippen molar-refractivity contribution in [3.05, 3.63) is 65.9 Å². The van der Waals surface area contributed by atoms with E-state index < -0.39 is 0 Å². The van der Waals surface area contributed by atoms with Crippen molar-refractivity contribution in [1.29, 1.82) is 0 Å². The predicted molar refractivity (Wildman–Crippen MR) is 79.9 cm³/mol. The van der Waals surface area contributed by atoms with Gasteiger partial charge in [0, 0.05) is 30.7 Å². The lowest BCUT2D eigenvalue weighted by Gasteiger charge is -2.05. The van der Waals surface area contributed by atoms with Crippen LogP contribution in [-0.4, -0.2) is 21.0 Å². The fourth-order valence-corrected chi connectivity index (χ4v) is 2.01. The molecule has 0 aromatic carbocycles. The van der Waals surface area contributed by atoms with E-state index in [4.69, 9.17) is 4.52 Å². The van der Waals surface area contributed by atoms with Gasteiger partial charge >= 0.3 is 0 Å². The normalized spacial score (nSPS) is 10.4. The maximum Gasteiger partial charge on any atom is 0.256 e. The highest BCUT2D eigenvalue weighted by molar-refractivity contribution is 5.94. The second-order valence-corrected chi connectivity index (χ2v) is 4.77. The molecule has 22 heavy (non-hydrogen) atoms. The molecule has 6 nitrogen and oxygen atoms in total. The number of carbonyl (C=O) groups is 1. The molecular formula is C16H14N4O2. The lowest BCUT2D eigenvalue weighted by Crippen LogP contribution is -2.23. The second-order valence-electron chi connectivity index (χ2n) is 4.77. The average molecular weight is 294 g/mol. The zero-order valence-electron chi connectivity index (χ0n) is 12.0. The third kappa shape index (κ3) is 3.01. The molecule has 0 unspecified atom stereocenters. The fourth-order valence-electron chi connectivity index (χ4n) is 2.01. The predicted octanol–water partition coefficient (Wildman–Crippen LogP) is 2.37. The van der Waals surface area contributed by atoms with Gasteiger partial charge in [0.1, 0.15) is 11.3 Å². The third-order valence-corrected chi connectivity index (χ3v) is 3.23. The number of hydrogen-bond acceptors (Lipinski definition) is 5. The Balaban J connectivity index is 1.65. The van der Waals surface area contributed by atoms with E-state index in [0.29, 0.717) is 17.9 Å². The van der Waals surface area contributed by atoms with E-state index in [-0.39, 0.29) is 5.91 Å². The SMILES string of the molecule is Cc1oncc1C(=O)NCc1ccc(-c2cccnc2)nc1. The van der Waals surface area contributed by atoms with Crippen LogP contribution in [0.2, 0.25) is 0 Å². The quantitative estimate of drug-likeness (QED) is 0.799. The average Bonchev–Trinajstić information content (AvgIpc) is 3.00. The van der Waals surface area contributed by atoms with Gasteiger partial charge in [0.15, 0.2) is 0 Å². The first-order valence-corrected chi connectivity index (χ1v) is 6.79.